The zero-order chi connectivity index (χ0) is 21.6. The van der Waals surface area contributed by atoms with Crippen LogP contribution in [-0.4, -0.2) is 36.1 Å². The van der Waals surface area contributed by atoms with Gasteiger partial charge in [-0.2, -0.15) is 0 Å². The fourth-order valence-corrected chi connectivity index (χ4v) is 3.21. The van der Waals surface area contributed by atoms with Crippen molar-refractivity contribution in [2.45, 2.75) is 45.9 Å². The molecule has 0 heterocycles. The fourth-order valence-electron chi connectivity index (χ4n) is 2.67. The highest BCUT2D eigenvalue weighted by molar-refractivity contribution is 14.1. The first kappa shape index (κ1) is 23.2. The van der Waals surface area contributed by atoms with Crippen molar-refractivity contribution in [1.29, 1.82) is 0 Å². The van der Waals surface area contributed by atoms with Crippen molar-refractivity contribution in [1.82, 2.24) is 10.4 Å². The van der Waals surface area contributed by atoms with Crippen molar-refractivity contribution < 1.29 is 19.1 Å². The number of amides is 1. The number of carbonyl (C=O) groups excluding carboxylic acids is 2. The predicted octanol–water partition coefficient (Wildman–Crippen LogP) is 4.80. The van der Waals surface area contributed by atoms with Crippen molar-refractivity contribution in [2.75, 3.05) is 7.11 Å². The molecule has 7 heteroatoms. The summed E-state index contributed by atoms with van der Waals surface area (Å²) >= 11 is 2.27. The second kappa shape index (κ2) is 10.1. The lowest BCUT2D eigenvalue weighted by molar-refractivity contribution is -0.113. The largest absolute Gasteiger partial charge is 0.496 e. The Morgan fingerprint density at radius 3 is 2.55 bits per heavy atom. The van der Waals surface area contributed by atoms with E-state index in [2.05, 4.69) is 34.1 Å². The van der Waals surface area contributed by atoms with Crippen LogP contribution < -0.4 is 10.2 Å². The molecule has 0 fully saturated rings. The minimum Gasteiger partial charge on any atom is -0.496 e. The Hall–Kier alpha value is -2.13. The first-order valence-electron chi connectivity index (χ1n) is 9.28. The third kappa shape index (κ3) is 6.71. The van der Waals surface area contributed by atoms with E-state index in [4.69, 9.17) is 9.47 Å². The van der Waals surface area contributed by atoms with Crippen LogP contribution in [0.5, 0.6) is 5.75 Å². The molecule has 0 saturated carbocycles. The summed E-state index contributed by atoms with van der Waals surface area (Å²) in [7, 11) is 1.64. The number of benzene rings is 2. The Balaban J connectivity index is 2.24. The SMILES string of the molecule is COc1ccc(CNN(C(=O)OC(C)(C)C)[C@@H](C)C=O)cc1-c1cccc(I)c1. The number of methoxy groups -OCH3 is 1. The highest BCUT2D eigenvalue weighted by Gasteiger charge is 2.26. The molecule has 0 saturated heterocycles. The molecule has 1 amide bonds. The summed E-state index contributed by atoms with van der Waals surface area (Å²) in [6, 6.07) is 13.3. The van der Waals surface area contributed by atoms with Gasteiger partial charge in [-0.05, 0) is 85.7 Å². The highest BCUT2D eigenvalue weighted by atomic mass is 127. The van der Waals surface area contributed by atoms with Gasteiger partial charge in [0.05, 0.1) is 7.11 Å². The first-order chi connectivity index (χ1) is 13.6. The number of ether oxygens (including phenoxy) is 2. The van der Waals surface area contributed by atoms with Crippen molar-refractivity contribution in [3.8, 4) is 16.9 Å². The van der Waals surface area contributed by atoms with Crippen molar-refractivity contribution in [2.24, 2.45) is 0 Å². The van der Waals surface area contributed by atoms with Gasteiger partial charge in [-0.15, -0.1) is 0 Å². The Labute approximate surface area is 185 Å². The second-order valence-corrected chi connectivity index (χ2v) is 8.85. The van der Waals surface area contributed by atoms with Crippen molar-refractivity contribution in [3.05, 3.63) is 51.6 Å². The van der Waals surface area contributed by atoms with E-state index in [0.717, 1.165) is 26.0 Å². The number of rotatable bonds is 7. The summed E-state index contributed by atoms with van der Waals surface area (Å²) in [6.45, 7) is 7.33. The average Bonchev–Trinajstić information content (AvgIpc) is 2.66. The standard InChI is InChI=1S/C22H27IN2O4/c1-15(14-26)25(21(27)29-22(2,3)4)24-13-16-9-10-20(28-5)19(11-16)17-7-6-8-18(23)12-17/h6-12,14-15,24H,13H2,1-5H3/t15-/m0/s1. The molecule has 156 valence electrons. The molecular weight excluding hydrogens is 483 g/mol. The zero-order valence-electron chi connectivity index (χ0n) is 17.4. The molecule has 2 aromatic rings. The average molecular weight is 510 g/mol. The van der Waals surface area contributed by atoms with Gasteiger partial charge in [0.25, 0.3) is 0 Å². The van der Waals surface area contributed by atoms with Gasteiger partial charge >= 0.3 is 6.09 Å². The topological polar surface area (TPSA) is 67.9 Å². The number of hydrogen-bond acceptors (Lipinski definition) is 5. The molecule has 0 radical (unpaired) electrons. The van der Waals surface area contributed by atoms with Crippen LogP contribution in [0, 0.1) is 3.57 Å². The number of hydrazine groups is 1. The summed E-state index contributed by atoms with van der Waals surface area (Å²) in [5.74, 6) is 0.765. The van der Waals surface area contributed by atoms with Crippen molar-refractivity contribution in [3.63, 3.8) is 0 Å². The maximum absolute atomic E-state index is 12.5. The van der Waals surface area contributed by atoms with Crippen LogP contribution in [0.3, 0.4) is 0 Å². The normalized spacial score (nSPS) is 12.2. The van der Waals surface area contributed by atoms with Gasteiger partial charge in [0, 0.05) is 15.7 Å². The van der Waals surface area contributed by atoms with Gasteiger partial charge < -0.3 is 14.3 Å². The lowest BCUT2D eigenvalue weighted by atomic mass is 10.0. The number of halogens is 1. The molecule has 1 N–H and O–H groups in total. The van der Waals surface area contributed by atoms with Gasteiger partial charge in [-0.25, -0.2) is 15.2 Å². The first-order valence-corrected chi connectivity index (χ1v) is 10.4. The monoisotopic (exact) mass is 510 g/mol. The number of carbonyl (C=O) groups is 2. The van der Waals surface area contributed by atoms with Crippen LogP contribution in [0.4, 0.5) is 4.79 Å². The predicted molar refractivity (Wildman–Crippen MR) is 122 cm³/mol. The van der Waals surface area contributed by atoms with Gasteiger partial charge in [0.1, 0.15) is 23.7 Å². The van der Waals surface area contributed by atoms with E-state index in [1.807, 2.05) is 36.4 Å². The fraction of sp³-hybridized carbons (Fsp3) is 0.364. The van der Waals surface area contributed by atoms with Gasteiger partial charge in [-0.1, -0.05) is 18.2 Å². The molecule has 2 aromatic carbocycles. The third-order valence-corrected chi connectivity index (χ3v) is 4.72. The molecule has 6 nitrogen and oxygen atoms in total. The van der Waals surface area contributed by atoms with E-state index < -0.39 is 17.7 Å². The minimum absolute atomic E-state index is 0.346. The van der Waals surface area contributed by atoms with Crippen LogP contribution in [0.25, 0.3) is 11.1 Å². The molecule has 0 unspecified atom stereocenters. The summed E-state index contributed by atoms with van der Waals surface area (Å²) < 4.78 is 12.0. The second-order valence-electron chi connectivity index (χ2n) is 7.61. The van der Waals surface area contributed by atoms with Crippen LogP contribution in [0.2, 0.25) is 0 Å². The van der Waals surface area contributed by atoms with Crippen LogP contribution in [0.15, 0.2) is 42.5 Å². The summed E-state index contributed by atoms with van der Waals surface area (Å²) in [4.78, 5) is 23.7. The Morgan fingerprint density at radius 1 is 1.24 bits per heavy atom. The number of aldehydes is 1. The van der Waals surface area contributed by atoms with E-state index in [1.165, 1.54) is 5.01 Å². The van der Waals surface area contributed by atoms with E-state index in [-0.39, 0.29) is 0 Å². The van der Waals surface area contributed by atoms with E-state index in [0.29, 0.717) is 12.8 Å². The van der Waals surface area contributed by atoms with Gasteiger partial charge in [-0.3, -0.25) is 0 Å². The minimum atomic E-state index is -0.668. The lowest BCUT2D eigenvalue weighted by Crippen LogP contribution is -2.50. The third-order valence-electron chi connectivity index (χ3n) is 4.05. The molecule has 0 aliphatic rings. The van der Waals surface area contributed by atoms with Gasteiger partial charge in [0.15, 0.2) is 0 Å². The summed E-state index contributed by atoms with van der Waals surface area (Å²) in [6.07, 6.45) is 0.103. The van der Waals surface area contributed by atoms with Crippen LogP contribution in [-0.2, 0) is 16.1 Å². The molecule has 2 rings (SSSR count). The summed E-state index contributed by atoms with van der Waals surface area (Å²) in [5, 5.41) is 1.22. The highest BCUT2D eigenvalue weighted by Crippen LogP contribution is 2.31. The summed E-state index contributed by atoms with van der Waals surface area (Å²) in [5.41, 5.74) is 5.30. The maximum atomic E-state index is 12.5. The molecule has 0 aliphatic carbocycles. The van der Waals surface area contributed by atoms with Crippen molar-refractivity contribution >= 4 is 35.0 Å². The molecular formula is C22H27IN2O4. The molecule has 0 aliphatic heterocycles. The molecule has 0 spiro atoms. The van der Waals surface area contributed by atoms with Crippen LogP contribution in [0.1, 0.15) is 33.3 Å². The van der Waals surface area contributed by atoms with E-state index in [1.54, 1.807) is 34.8 Å². The smallest absolute Gasteiger partial charge is 0.425 e. The quantitative estimate of drug-likeness (QED) is 0.330. The zero-order valence-corrected chi connectivity index (χ0v) is 19.5. The van der Waals surface area contributed by atoms with E-state index >= 15 is 0 Å². The van der Waals surface area contributed by atoms with Gasteiger partial charge in [0.2, 0.25) is 0 Å². The Morgan fingerprint density at radius 2 is 1.97 bits per heavy atom. The maximum Gasteiger partial charge on any atom is 0.425 e. The number of nitrogens with one attached hydrogen (secondary N) is 1. The van der Waals surface area contributed by atoms with Crippen LogP contribution >= 0.6 is 22.6 Å². The molecule has 1 atom stereocenters. The Kier molecular flexibility index (Phi) is 8.04. The molecule has 0 aromatic heterocycles. The molecule has 29 heavy (non-hydrogen) atoms. The molecule has 0 bridgehead atoms. The number of nitrogens with zero attached hydrogens (tertiary/aromatic N) is 1. The van der Waals surface area contributed by atoms with E-state index in [9.17, 15) is 9.59 Å². The lowest BCUT2D eigenvalue weighted by Gasteiger charge is -2.29. The Bertz CT molecular complexity index is 864. The number of hydrogen-bond donors (Lipinski definition) is 1.